The van der Waals surface area contributed by atoms with Crippen molar-refractivity contribution >= 4 is 0 Å². The van der Waals surface area contributed by atoms with Gasteiger partial charge in [0.1, 0.15) is 0 Å². The van der Waals surface area contributed by atoms with E-state index in [1.54, 1.807) is 0 Å². The standard InChI is InChI=1S/C11H20/c1-10(2)8-6-5-7-9-11(3)4/h5-6,9-10H,7-8H2,1-4H3. The fourth-order valence-electron chi connectivity index (χ4n) is 0.768. The summed E-state index contributed by atoms with van der Waals surface area (Å²) in [5, 5.41) is 0. The van der Waals surface area contributed by atoms with Crippen molar-refractivity contribution in [1.82, 2.24) is 0 Å². The van der Waals surface area contributed by atoms with Crippen LogP contribution in [0.3, 0.4) is 0 Å². The molecule has 0 aromatic heterocycles. The molecule has 0 bridgehead atoms. The molecule has 0 N–H and O–H groups in total. The number of hydrogen-bond acceptors (Lipinski definition) is 0. The van der Waals surface area contributed by atoms with E-state index in [9.17, 15) is 0 Å². The second-order valence-electron chi connectivity index (χ2n) is 3.62. The summed E-state index contributed by atoms with van der Waals surface area (Å²) in [6.07, 6.45) is 9.06. The summed E-state index contributed by atoms with van der Waals surface area (Å²) in [7, 11) is 0. The van der Waals surface area contributed by atoms with E-state index in [1.807, 2.05) is 0 Å². The molecule has 0 aliphatic carbocycles. The monoisotopic (exact) mass is 152 g/mol. The van der Waals surface area contributed by atoms with Gasteiger partial charge in [-0.3, -0.25) is 0 Å². The van der Waals surface area contributed by atoms with Gasteiger partial charge in [0.25, 0.3) is 0 Å². The Morgan fingerprint density at radius 2 is 1.82 bits per heavy atom. The largest absolute Gasteiger partial charge is 0.0880 e. The van der Waals surface area contributed by atoms with E-state index in [2.05, 4.69) is 45.9 Å². The summed E-state index contributed by atoms with van der Waals surface area (Å²) in [5.74, 6) is 0.790. The molecule has 0 spiro atoms. The first-order valence-corrected chi connectivity index (χ1v) is 4.41. The van der Waals surface area contributed by atoms with Gasteiger partial charge in [0.15, 0.2) is 0 Å². The van der Waals surface area contributed by atoms with Crippen molar-refractivity contribution in [2.45, 2.75) is 40.5 Å². The zero-order valence-electron chi connectivity index (χ0n) is 8.22. The van der Waals surface area contributed by atoms with Crippen LogP contribution in [0.1, 0.15) is 40.5 Å². The maximum atomic E-state index is 2.27. The molecule has 0 aromatic rings. The summed E-state index contributed by atoms with van der Waals surface area (Å²) in [6.45, 7) is 8.75. The zero-order valence-corrected chi connectivity index (χ0v) is 8.22. The van der Waals surface area contributed by atoms with Crippen LogP contribution in [-0.4, -0.2) is 0 Å². The van der Waals surface area contributed by atoms with Gasteiger partial charge in [0, 0.05) is 0 Å². The Labute approximate surface area is 71.0 Å². The summed E-state index contributed by atoms with van der Waals surface area (Å²) < 4.78 is 0. The predicted molar refractivity (Wildman–Crippen MR) is 52.6 cm³/mol. The Balaban J connectivity index is 3.38. The van der Waals surface area contributed by atoms with E-state index < -0.39 is 0 Å². The van der Waals surface area contributed by atoms with E-state index in [-0.39, 0.29) is 0 Å². The molecule has 0 radical (unpaired) electrons. The van der Waals surface area contributed by atoms with Gasteiger partial charge in [-0.1, -0.05) is 37.6 Å². The second-order valence-corrected chi connectivity index (χ2v) is 3.62. The Morgan fingerprint density at radius 1 is 1.18 bits per heavy atom. The Kier molecular flexibility index (Phi) is 5.91. The van der Waals surface area contributed by atoms with Crippen molar-refractivity contribution in [2.75, 3.05) is 0 Å². The second kappa shape index (κ2) is 6.21. The fraction of sp³-hybridized carbons (Fsp3) is 0.636. The molecule has 11 heavy (non-hydrogen) atoms. The third-order valence-electron chi connectivity index (χ3n) is 1.44. The van der Waals surface area contributed by atoms with Crippen LogP contribution < -0.4 is 0 Å². The van der Waals surface area contributed by atoms with Gasteiger partial charge >= 0.3 is 0 Å². The van der Waals surface area contributed by atoms with Gasteiger partial charge in [0.05, 0.1) is 0 Å². The molecule has 0 unspecified atom stereocenters. The SMILES string of the molecule is CC(C)=CCC=CCC(C)C. The molecule has 0 aromatic carbocycles. The highest BCUT2D eigenvalue weighted by Gasteiger charge is 1.85. The van der Waals surface area contributed by atoms with Crippen molar-refractivity contribution in [3.63, 3.8) is 0 Å². The van der Waals surface area contributed by atoms with Crippen LogP contribution in [-0.2, 0) is 0 Å². The molecule has 0 heteroatoms. The van der Waals surface area contributed by atoms with Gasteiger partial charge in [0.2, 0.25) is 0 Å². The van der Waals surface area contributed by atoms with Gasteiger partial charge < -0.3 is 0 Å². The third kappa shape index (κ3) is 9.48. The average Bonchev–Trinajstić information content (AvgIpc) is 1.85. The maximum Gasteiger partial charge on any atom is -0.0167 e. The lowest BCUT2D eigenvalue weighted by molar-refractivity contribution is 0.663. The van der Waals surface area contributed by atoms with E-state index in [0.717, 1.165) is 12.3 Å². The van der Waals surface area contributed by atoms with Gasteiger partial charge in [-0.2, -0.15) is 0 Å². The summed E-state index contributed by atoms with van der Waals surface area (Å²) in [5.41, 5.74) is 1.40. The normalized spacial score (nSPS) is 11.0. The van der Waals surface area contributed by atoms with E-state index >= 15 is 0 Å². The molecular weight excluding hydrogens is 132 g/mol. The quantitative estimate of drug-likeness (QED) is 0.535. The maximum absolute atomic E-state index is 2.27. The lowest BCUT2D eigenvalue weighted by Gasteiger charge is -1.95. The van der Waals surface area contributed by atoms with Crippen LogP contribution in [0.25, 0.3) is 0 Å². The topological polar surface area (TPSA) is 0 Å². The van der Waals surface area contributed by atoms with E-state index in [1.165, 1.54) is 12.0 Å². The van der Waals surface area contributed by atoms with Crippen LogP contribution in [0.4, 0.5) is 0 Å². The Morgan fingerprint density at radius 3 is 2.27 bits per heavy atom. The minimum atomic E-state index is 0.790. The van der Waals surface area contributed by atoms with Crippen LogP contribution in [0.15, 0.2) is 23.8 Å². The van der Waals surface area contributed by atoms with Crippen molar-refractivity contribution in [2.24, 2.45) is 5.92 Å². The van der Waals surface area contributed by atoms with Crippen molar-refractivity contribution in [3.8, 4) is 0 Å². The lowest BCUT2D eigenvalue weighted by atomic mass is 10.1. The molecule has 0 fully saturated rings. The zero-order chi connectivity index (χ0) is 8.69. The molecule has 0 nitrogen and oxygen atoms in total. The molecule has 64 valence electrons. The first-order chi connectivity index (χ1) is 5.13. The van der Waals surface area contributed by atoms with Crippen LogP contribution in [0.2, 0.25) is 0 Å². The summed E-state index contributed by atoms with van der Waals surface area (Å²) >= 11 is 0. The first-order valence-electron chi connectivity index (χ1n) is 4.41. The molecule has 0 saturated carbocycles. The molecular formula is C11H20. The minimum absolute atomic E-state index is 0.790. The summed E-state index contributed by atoms with van der Waals surface area (Å²) in [6, 6.07) is 0. The van der Waals surface area contributed by atoms with Crippen molar-refractivity contribution < 1.29 is 0 Å². The molecule has 0 aliphatic rings. The third-order valence-corrected chi connectivity index (χ3v) is 1.44. The highest BCUT2D eigenvalue weighted by Crippen LogP contribution is 2.01. The molecule has 0 atom stereocenters. The number of allylic oxidation sites excluding steroid dienone is 4. The van der Waals surface area contributed by atoms with Crippen molar-refractivity contribution in [1.29, 1.82) is 0 Å². The van der Waals surface area contributed by atoms with Crippen molar-refractivity contribution in [3.05, 3.63) is 23.8 Å². The van der Waals surface area contributed by atoms with Gasteiger partial charge in [-0.25, -0.2) is 0 Å². The molecule has 0 rings (SSSR count). The predicted octanol–water partition coefficient (Wildman–Crippen LogP) is 3.95. The van der Waals surface area contributed by atoms with E-state index in [0.29, 0.717) is 0 Å². The number of hydrogen-bond donors (Lipinski definition) is 0. The molecule has 0 aliphatic heterocycles. The number of rotatable bonds is 4. The van der Waals surface area contributed by atoms with E-state index in [4.69, 9.17) is 0 Å². The highest BCUT2D eigenvalue weighted by atomic mass is 13.9. The van der Waals surface area contributed by atoms with Gasteiger partial charge in [-0.05, 0) is 32.6 Å². The minimum Gasteiger partial charge on any atom is -0.0880 e. The smallest absolute Gasteiger partial charge is 0.0167 e. The molecule has 0 amide bonds. The first kappa shape index (κ1) is 10.5. The Hall–Kier alpha value is -0.520. The average molecular weight is 152 g/mol. The Bertz CT molecular complexity index is 134. The lowest BCUT2D eigenvalue weighted by Crippen LogP contribution is -1.80. The highest BCUT2D eigenvalue weighted by molar-refractivity contribution is 4.99. The van der Waals surface area contributed by atoms with Crippen LogP contribution >= 0.6 is 0 Å². The fourth-order valence-corrected chi connectivity index (χ4v) is 0.768. The van der Waals surface area contributed by atoms with Crippen LogP contribution in [0, 0.1) is 5.92 Å². The molecule has 0 heterocycles. The summed E-state index contributed by atoms with van der Waals surface area (Å²) in [4.78, 5) is 0. The van der Waals surface area contributed by atoms with Gasteiger partial charge in [-0.15, -0.1) is 0 Å². The van der Waals surface area contributed by atoms with Crippen LogP contribution in [0.5, 0.6) is 0 Å². The molecule has 0 saturated heterocycles.